The average Bonchev–Trinajstić information content (AvgIpc) is 2.33. The largest absolute Gasteiger partial charge is 0.381 e. The summed E-state index contributed by atoms with van der Waals surface area (Å²) in [5, 5.41) is 3.94. The van der Waals surface area contributed by atoms with Crippen molar-refractivity contribution in [2.24, 2.45) is 5.73 Å². The van der Waals surface area contributed by atoms with Gasteiger partial charge in [0.2, 0.25) is 0 Å². The van der Waals surface area contributed by atoms with E-state index in [4.69, 9.17) is 17.3 Å². The first kappa shape index (κ1) is 13.0. The Labute approximate surface area is 111 Å². The number of hydrogen-bond acceptors (Lipinski definition) is 3. The number of carbonyl (C=O) groups excluding carboxylic acids is 1. The fraction of sp³-hybridized carbons (Fsp3) is 0.500. The summed E-state index contributed by atoms with van der Waals surface area (Å²) in [6.07, 6.45) is 3.54. The van der Waals surface area contributed by atoms with Gasteiger partial charge < -0.3 is 16.0 Å². The number of hydrogen-bond donors (Lipinski definition) is 2. The number of anilines is 1. The molecule has 0 aliphatic carbocycles. The van der Waals surface area contributed by atoms with E-state index < -0.39 is 0 Å². The summed E-state index contributed by atoms with van der Waals surface area (Å²) in [6.45, 7) is 3.40. The molecule has 0 bridgehead atoms. The Morgan fingerprint density at radius 3 is 2.78 bits per heavy atom. The van der Waals surface area contributed by atoms with Crippen LogP contribution in [0.5, 0.6) is 0 Å². The summed E-state index contributed by atoms with van der Waals surface area (Å²) in [4.78, 5) is 16.8. The molecule has 0 unspecified atom stereocenters. The van der Waals surface area contributed by atoms with Crippen LogP contribution in [0.1, 0.15) is 18.4 Å². The van der Waals surface area contributed by atoms with Crippen molar-refractivity contribution < 1.29 is 4.79 Å². The van der Waals surface area contributed by atoms with Crippen LogP contribution in [0, 0.1) is 6.92 Å². The zero-order chi connectivity index (χ0) is 13.1. The van der Waals surface area contributed by atoms with Crippen LogP contribution in [0.25, 0.3) is 0 Å². The molecule has 2 rings (SSSR count). The molecule has 5 nitrogen and oxygen atoms in total. The van der Waals surface area contributed by atoms with Crippen LogP contribution in [-0.2, 0) is 0 Å². The van der Waals surface area contributed by atoms with Gasteiger partial charge in [-0.2, -0.15) is 0 Å². The third kappa shape index (κ3) is 3.04. The Morgan fingerprint density at radius 1 is 1.56 bits per heavy atom. The molecule has 1 saturated heterocycles. The number of likely N-dealkylation sites (tertiary alicyclic amines) is 1. The highest BCUT2D eigenvalue weighted by Crippen LogP contribution is 2.21. The Hall–Kier alpha value is -1.49. The molecule has 1 aromatic heterocycles. The lowest BCUT2D eigenvalue weighted by atomic mass is 10.0. The highest BCUT2D eigenvalue weighted by atomic mass is 35.5. The van der Waals surface area contributed by atoms with Gasteiger partial charge in [-0.1, -0.05) is 11.6 Å². The predicted octanol–water partition coefficient (Wildman–Crippen LogP) is 2.00. The van der Waals surface area contributed by atoms with Crippen molar-refractivity contribution in [3.8, 4) is 0 Å². The summed E-state index contributed by atoms with van der Waals surface area (Å²) >= 11 is 5.82. The quantitative estimate of drug-likeness (QED) is 0.806. The average molecular weight is 269 g/mol. The number of carbonyl (C=O) groups is 1. The highest BCUT2D eigenvalue weighted by Gasteiger charge is 2.21. The molecule has 3 N–H and O–H groups in total. The second kappa shape index (κ2) is 5.44. The normalized spacial score (nSPS) is 16.7. The van der Waals surface area contributed by atoms with Crippen molar-refractivity contribution in [1.29, 1.82) is 0 Å². The topological polar surface area (TPSA) is 71.2 Å². The number of aryl methyl sites for hydroxylation is 1. The van der Waals surface area contributed by atoms with Crippen LogP contribution in [-0.4, -0.2) is 35.0 Å². The van der Waals surface area contributed by atoms with Crippen LogP contribution in [0.3, 0.4) is 0 Å². The van der Waals surface area contributed by atoms with Crippen molar-refractivity contribution in [3.05, 3.63) is 23.0 Å². The molecule has 0 radical (unpaired) electrons. The lowest BCUT2D eigenvalue weighted by Gasteiger charge is -2.32. The molecular formula is C12H17ClN4O. The van der Waals surface area contributed by atoms with Gasteiger partial charge in [-0.3, -0.25) is 0 Å². The number of pyridine rings is 1. The molecule has 2 heterocycles. The molecule has 18 heavy (non-hydrogen) atoms. The number of nitrogens with zero attached hydrogens (tertiary/aromatic N) is 2. The number of nitrogens with two attached hydrogens (primary N) is 1. The number of halogens is 1. The van der Waals surface area contributed by atoms with Crippen molar-refractivity contribution in [2.45, 2.75) is 25.8 Å². The van der Waals surface area contributed by atoms with Gasteiger partial charge in [-0.05, 0) is 31.4 Å². The van der Waals surface area contributed by atoms with Gasteiger partial charge in [0, 0.05) is 19.1 Å². The number of rotatable bonds is 2. The molecule has 0 atom stereocenters. The van der Waals surface area contributed by atoms with Gasteiger partial charge >= 0.3 is 6.03 Å². The second-order valence-electron chi connectivity index (χ2n) is 4.57. The van der Waals surface area contributed by atoms with Gasteiger partial charge in [0.25, 0.3) is 0 Å². The molecule has 2 amide bonds. The second-order valence-corrected chi connectivity index (χ2v) is 4.95. The monoisotopic (exact) mass is 268 g/mol. The summed E-state index contributed by atoms with van der Waals surface area (Å²) in [5.74, 6) is 0. The fourth-order valence-corrected chi connectivity index (χ4v) is 2.35. The molecular weight excluding hydrogens is 252 g/mol. The highest BCUT2D eigenvalue weighted by molar-refractivity contribution is 6.29. The summed E-state index contributed by atoms with van der Waals surface area (Å²) < 4.78 is 0. The molecule has 98 valence electrons. The van der Waals surface area contributed by atoms with Gasteiger partial charge in [0.15, 0.2) is 0 Å². The van der Waals surface area contributed by atoms with Crippen LogP contribution < -0.4 is 11.1 Å². The van der Waals surface area contributed by atoms with Crippen LogP contribution in [0.2, 0.25) is 5.15 Å². The first-order valence-corrected chi connectivity index (χ1v) is 6.37. The molecule has 0 aromatic carbocycles. The van der Waals surface area contributed by atoms with Crippen LogP contribution in [0.15, 0.2) is 12.3 Å². The van der Waals surface area contributed by atoms with Gasteiger partial charge in [0.05, 0.1) is 11.9 Å². The Bertz CT molecular complexity index is 444. The van der Waals surface area contributed by atoms with Crippen LogP contribution >= 0.6 is 11.6 Å². The molecule has 1 aliphatic heterocycles. The van der Waals surface area contributed by atoms with Gasteiger partial charge in [0.1, 0.15) is 5.15 Å². The summed E-state index contributed by atoms with van der Waals surface area (Å²) in [5.41, 5.74) is 7.32. The minimum absolute atomic E-state index is 0.335. The van der Waals surface area contributed by atoms with Crippen LogP contribution in [0.4, 0.5) is 10.5 Å². The minimum atomic E-state index is -0.335. The first-order chi connectivity index (χ1) is 8.56. The number of aromatic nitrogens is 1. The Morgan fingerprint density at radius 2 is 2.22 bits per heavy atom. The standard InChI is InChI=1S/C12H17ClN4O/c1-8-6-11(13)15-7-10(8)16-9-2-4-17(5-3-9)12(14)18/h6-7,9,16H,2-5H2,1H3,(H2,14,18). The maximum Gasteiger partial charge on any atom is 0.314 e. The Balaban J connectivity index is 1.93. The number of primary amides is 1. The number of amides is 2. The maximum atomic E-state index is 11.0. The molecule has 6 heteroatoms. The summed E-state index contributed by atoms with van der Waals surface area (Å²) in [6, 6.07) is 1.85. The van der Waals surface area contributed by atoms with Crippen molar-refractivity contribution in [3.63, 3.8) is 0 Å². The third-order valence-electron chi connectivity index (χ3n) is 3.24. The molecule has 0 saturated carbocycles. The Kier molecular flexibility index (Phi) is 3.91. The smallest absolute Gasteiger partial charge is 0.314 e. The van der Waals surface area contributed by atoms with Crippen molar-refractivity contribution >= 4 is 23.3 Å². The summed E-state index contributed by atoms with van der Waals surface area (Å²) in [7, 11) is 0. The zero-order valence-corrected chi connectivity index (χ0v) is 11.1. The number of urea groups is 1. The van der Waals surface area contributed by atoms with E-state index in [9.17, 15) is 4.79 Å². The fourth-order valence-electron chi connectivity index (χ4n) is 2.14. The van der Waals surface area contributed by atoms with E-state index in [0.717, 1.165) is 24.1 Å². The van der Waals surface area contributed by atoms with Crippen molar-refractivity contribution in [2.75, 3.05) is 18.4 Å². The van der Waals surface area contributed by atoms with E-state index >= 15 is 0 Å². The minimum Gasteiger partial charge on any atom is -0.381 e. The lowest BCUT2D eigenvalue weighted by Crippen LogP contribution is -2.44. The SMILES string of the molecule is Cc1cc(Cl)ncc1NC1CCN(C(N)=O)CC1. The van der Waals surface area contributed by atoms with E-state index in [1.54, 1.807) is 11.1 Å². The maximum absolute atomic E-state index is 11.0. The van der Waals surface area contributed by atoms with Crippen molar-refractivity contribution in [1.82, 2.24) is 9.88 Å². The zero-order valence-electron chi connectivity index (χ0n) is 10.3. The molecule has 1 aromatic rings. The molecule has 0 spiro atoms. The number of nitrogens with one attached hydrogen (secondary N) is 1. The number of piperidine rings is 1. The third-order valence-corrected chi connectivity index (χ3v) is 3.45. The van der Waals surface area contributed by atoms with E-state index in [0.29, 0.717) is 24.3 Å². The lowest BCUT2D eigenvalue weighted by molar-refractivity contribution is 0.193. The van der Waals surface area contributed by atoms with Gasteiger partial charge in [-0.15, -0.1) is 0 Å². The van der Waals surface area contributed by atoms with Gasteiger partial charge in [-0.25, -0.2) is 9.78 Å². The van der Waals surface area contributed by atoms with E-state index in [1.165, 1.54) is 0 Å². The van der Waals surface area contributed by atoms with E-state index in [2.05, 4.69) is 10.3 Å². The van der Waals surface area contributed by atoms with E-state index in [1.807, 2.05) is 13.0 Å². The molecule has 1 fully saturated rings. The molecule has 1 aliphatic rings. The predicted molar refractivity (Wildman–Crippen MR) is 71.8 cm³/mol. The first-order valence-electron chi connectivity index (χ1n) is 5.99. The van der Waals surface area contributed by atoms with E-state index in [-0.39, 0.29) is 6.03 Å².